The molecular formula is C17H10Cl2FN5O2. The second-order valence-electron chi connectivity index (χ2n) is 5.21. The predicted molar refractivity (Wildman–Crippen MR) is 95.2 cm³/mol. The number of carbonyl (C=O) groups is 1. The summed E-state index contributed by atoms with van der Waals surface area (Å²) in [5.41, 5.74) is 0.289. The van der Waals surface area contributed by atoms with Crippen LogP contribution in [0.5, 0.6) is 11.5 Å². The highest BCUT2D eigenvalue weighted by molar-refractivity contribution is 6.32. The molecule has 3 rings (SSSR count). The Morgan fingerprint density at radius 2 is 2.15 bits per heavy atom. The van der Waals surface area contributed by atoms with Crippen molar-refractivity contribution in [1.82, 2.24) is 20.5 Å². The first-order chi connectivity index (χ1) is 13.0. The van der Waals surface area contributed by atoms with Gasteiger partial charge in [-0.2, -0.15) is 5.26 Å². The molecule has 27 heavy (non-hydrogen) atoms. The number of ether oxygens (including phenoxy) is 1. The molecule has 1 amide bonds. The Bertz CT molecular complexity index is 1030. The lowest BCUT2D eigenvalue weighted by atomic mass is 10.2. The molecule has 0 atom stereocenters. The maximum atomic E-state index is 14.8. The molecule has 0 bridgehead atoms. The van der Waals surface area contributed by atoms with Crippen LogP contribution in [0.4, 0.5) is 4.39 Å². The molecule has 1 aromatic heterocycles. The third-order valence-electron chi connectivity index (χ3n) is 3.46. The van der Waals surface area contributed by atoms with Crippen LogP contribution in [0.25, 0.3) is 0 Å². The molecule has 0 aliphatic rings. The van der Waals surface area contributed by atoms with E-state index in [1.807, 2.05) is 6.07 Å². The second-order valence-corrected chi connectivity index (χ2v) is 6.05. The summed E-state index contributed by atoms with van der Waals surface area (Å²) in [5, 5.41) is 18.0. The topological polar surface area (TPSA) is 104 Å². The summed E-state index contributed by atoms with van der Waals surface area (Å²) in [6, 6.07) is 9.10. The van der Waals surface area contributed by atoms with Crippen molar-refractivity contribution < 1.29 is 13.9 Å². The van der Waals surface area contributed by atoms with Gasteiger partial charge in [0.15, 0.2) is 11.6 Å². The Labute approximate surface area is 162 Å². The fraction of sp³-hybridized carbons (Fsp3) is 0.0588. The first-order valence-corrected chi connectivity index (χ1v) is 8.23. The highest BCUT2D eigenvalue weighted by Gasteiger charge is 2.18. The van der Waals surface area contributed by atoms with Crippen LogP contribution in [0.1, 0.15) is 21.7 Å². The molecule has 136 valence electrons. The number of nitrogens with zero attached hydrogens (tertiary/aromatic N) is 3. The SMILES string of the molecule is N#Cc1ccc(Cl)cc1Oc1c(Cl)ccc(CNC(=O)c2nc[nH]n2)c1F. The standard InChI is InChI=1S/C17H10Cl2FN5O2/c18-11-3-1-9(6-21)13(5-11)27-15-12(19)4-2-10(14(15)20)7-22-17(26)16-23-8-24-25-16/h1-5,8H,7H2,(H,22,26)(H,23,24,25). The Balaban J connectivity index is 1.85. The summed E-state index contributed by atoms with van der Waals surface area (Å²) in [5.74, 6) is -1.64. The summed E-state index contributed by atoms with van der Waals surface area (Å²) >= 11 is 11.9. The van der Waals surface area contributed by atoms with Gasteiger partial charge >= 0.3 is 0 Å². The van der Waals surface area contributed by atoms with Crippen molar-refractivity contribution >= 4 is 29.1 Å². The fourth-order valence-electron chi connectivity index (χ4n) is 2.16. The van der Waals surface area contributed by atoms with E-state index in [1.54, 1.807) is 0 Å². The molecule has 0 aliphatic carbocycles. The normalized spacial score (nSPS) is 10.3. The molecule has 0 radical (unpaired) electrons. The van der Waals surface area contributed by atoms with Crippen LogP contribution in [0.3, 0.4) is 0 Å². The molecule has 7 nitrogen and oxygen atoms in total. The van der Waals surface area contributed by atoms with Crippen molar-refractivity contribution in [3.05, 3.63) is 69.5 Å². The summed E-state index contributed by atoms with van der Waals surface area (Å²) < 4.78 is 20.3. The van der Waals surface area contributed by atoms with Crippen molar-refractivity contribution in [2.24, 2.45) is 0 Å². The maximum absolute atomic E-state index is 14.8. The fourth-order valence-corrected chi connectivity index (χ4v) is 2.51. The van der Waals surface area contributed by atoms with Crippen LogP contribution in [0.15, 0.2) is 36.7 Å². The maximum Gasteiger partial charge on any atom is 0.291 e. The van der Waals surface area contributed by atoms with E-state index in [4.69, 9.17) is 33.2 Å². The highest BCUT2D eigenvalue weighted by Crippen LogP contribution is 2.36. The molecule has 0 aliphatic heterocycles. The lowest BCUT2D eigenvalue weighted by Gasteiger charge is -2.13. The minimum atomic E-state index is -0.776. The van der Waals surface area contributed by atoms with E-state index in [-0.39, 0.29) is 40.0 Å². The summed E-state index contributed by atoms with van der Waals surface area (Å²) in [7, 11) is 0. The second kappa shape index (κ2) is 8.03. The van der Waals surface area contributed by atoms with Gasteiger partial charge in [-0.1, -0.05) is 29.3 Å². The third-order valence-corrected chi connectivity index (χ3v) is 4.00. The number of halogens is 3. The van der Waals surface area contributed by atoms with E-state index in [9.17, 15) is 9.18 Å². The molecule has 10 heteroatoms. The van der Waals surface area contributed by atoms with Crippen molar-refractivity contribution in [2.45, 2.75) is 6.54 Å². The van der Waals surface area contributed by atoms with Gasteiger partial charge in [0.25, 0.3) is 5.91 Å². The lowest BCUT2D eigenvalue weighted by Crippen LogP contribution is -2.24. The molecular weight excluding hydrogens is 396 g/mol. The van der Waals surface area contributed by atoms with Gasteiger partial charge in [0, 0.05) is 23.2 Å². The largest absolute Gasteiger partial charge is 0.451 e. The summed E-state index contributed by atoms with van der Waals surface area (Å²) in [6.07, 6.45) is 1.25. The quantitative estimate of drug-likeness (QED) is 0.670. The van der Waals surface area contributed by atoms with E-state index in [0.717, 1.165) is 0 Å². The lowest BCUT2D eigenvalue weighted by molar-refractivity contribution is 0.0940. The van der Waals surface area contributed by atoms with Crippen molar-refractivity contribution in [1.29, 1.82) is 5.26 Å². The van der Waals surface area contributed by atoms with Gasteiger partial charge < -0.3 is 10.1 Å². The molecule has 0 fully saturated rings. The minimum absolute atomic E-state index is 0.000379. The van der Waals surface area contributed by atoms with Crippen molar-refractivity contribution in [3.8, 4) is 17.6 Å². The molecule has 3 aromatic rings. The van der Waals surface area contributed by atoms with Gasteiger partial charge in [-0.3, -0.25) is 9.89 Å². The molecule has 0 saturated heterocycles. The Kier molecular flexibility index (Phi) is 5.54. The van der Waals surface area contributed by atoms with Gasteiger partial charge in [0.05, 0.1) is 10.6 Å². The molecule has 0 spiro atoms. The minimum Gasteiger partial charge on any atom is -0.451 e. The summed E-state index contributed by atoms with van der Waals surface area (Å²) in [6.45, 7) is -0.145. The van der Waals surface area contributed by atoms with Gasteiger partial charge in [0.1, 0.15) is 18.1 Å². The number of aromatic amines is 1. The highest BCUT2D eigenvalue weighted by atomic mass is 35.5. The molecule has 1 heterocycles. The number of hydrogen-bond donors (Lipinski definition) is 2. The average Bonchev–Trinajstić information content (AvgIpc) is 3.19. The Morgan fingerprint density at radius 3 is 2.85 bits per heavy atom. The van der Waals surface area contributed by atoms with Crippen LogP contribution >= 0.6 is 23.2 Å². The van der Waals surface area contributed by atoms with Gasteiger partial charge in [-0.05, 0) is 18.2 Å². The van der Waals surface area contributed by atoms with E-state index >= 15 is 0 Å². The zero-order chi connectivity index (χ0) is 19.4. The summed E-state index contributed by atoms with van der Waals surface area (Å²) in [4.78, 5) is 15.6. The van der Waals surface area contributed by atoms with Crippen molar-refractivity contribution in [2.75, 3.05) is 0 Å². The smallest absolute Gasteiger partial charge is 0.291 e. The number of nitriles is 1. The van der Waals surface area contributed by atoms with E-state index < -0.39 is 11.7 Å². The number of amides is 1. The number of hydrogen-bond acceptors (Lipinski definition) is 5. The number of nitrogens with one attached hydrogen (secondary N) is 2. The number of benzene rings is 2. The molecule has 2 aromatic carbocycles. The van der Waals surface area contributed by atoms with Crippen LogP contribution in [-0.2, 0) is 6.54 Å². The Morgan fingerprint density at radius 1 is 1.33 bits per heavy atom. The Hall–Kier alpha value is -3.15. The van der Waals surface area contributed by atoms with Crippen LogP contribution in [0.2, 0.25) is 10.0 Å². The predicted octanol–water partition coefficient (Wildman–Crippen LogP) is 3.84. The zero-order valence-corrected chi connectivity index (χ0v) is 15.0. The first kappa shape index (κ1) is 18.6. The monoisotopic (exact) mass is 405 g/mol. The van der Waals surface area contributed by atoms with E-state index in [1.165, 1.54) is 36.7 Å². The van der Waals surface area contributed by atoms with Crippen molar-refractivity contribution in [3.63, 3.8) is 0 Å². The van der Waals surface area contributed by atoms with E-state index in [2.05, 4.69) is 20.5 Å². The van der Waals surface area contributed by atoms with Crippen LogP contribution in [0, 0.1) is 17.1 Å². The number of aromatic nitrogens is 3. The molecule has 0 saturated carbocycles. The van der Waals surface area contributed by atoms with Gasteiger partial charge in [-0.15, -0.1) is 5.10 Å². The van der Waals surface area contributed by atoms with Gasteiger partial charge in [0.2, 0.25) is 5.82 Å². The van der Waals surface area contributed by atoms with Crippen LogP contribution in [-0.4, -0.2) is 21.1 Å². The molecule has 2 N–H and O–H groups in total. The third kappa shape index (κ3) is 4.16. The number of carbonyl (C=O) groups excluding carboxylic acids is 1. The zero-order valence-electron chi connectivity index (χ0n) is 13.5. The number of rotatable bonds is 5. The first-order valence-electron chi connectivity index (χ1n) is 7.48. The average molecular weight is 406 g/mol. The van der Waals surface area contributed by atoms with Gasteiger partial charge in [-0.25, -0.2) is 9.37 Å². The number of H-pyrrole nitrogens is 1. The van der Waals surface area contributed by atoms with E-state index in [0.29, 0.717) is 5.02 Å². The van der Waals surface area contributed by atoms with Crippen LogP contribution < -0.4 is 10.1 Å². The molecule has 0 unspecified atom stereocenters.